The van der Waals surface area contributed by atoms with Crippen molar-refractivity contribution in [3.63, 3.8) is 0 Å². The Kier molecular flexibility index (Phi) is 7.07. The zero-order chi connectivity index (χ0) is 19.8. The number of hydrogen-bond donors (Lipinski definition) is 1. The van der Waals surface area contributed by atoms with Gasteiger partial charge >= 0.3 is 11.9 Å². The predicted octanol–water partition coefficient (Wildman–Crippen LogP) is 2.78. The second-order valence-electron chi connectivity index (χ2n) is 5.92. The van der Waals surface area contributed by atoms with E-state index in [9.17, 15) is 14.9 Å². The topological polar surface area (TPSA) is 107 Å². The Labute approximate surface area is 157 Å². The third-order valence-electron chi connectivity index (χ3n) is 3.78. The lowest BCUT2D eigenvalue weighted by Gasteiger charge is -2.17. The van der Waals surface area contributed by atoms with Crippen LogP contribution in [0.2, 0.25) is 0 Å². The van der Waals surface area contributed by atoms with Gasteiger partial charge < -0.3 is 29.8 Å². The minimum Gasteiger partial charge on any atom is -0.493 e. The summed E-state index contributed by atoms with van der Waals surface area (Å²) in [6.07, 6.45) is 1.55. The summed E-state index contributed by atoms with van der Waals surface area (Å²) in [5, 5.41) is 13.9. The monoisotopic (exact) mass is 374 g/mol. The Bertz CT molecular complexity index is 780. The number of aromatic nitrogens is 1. The molecule has 1 aromatic carbocycles. The maximum atomic E-state index is 11.6. The fourth-order valence-corrected chi connectivity index (χ4v) is 2.32. The first-order valence-electron chi connectivity index (χ1n) is 8.30. The van der Waals surface area contributed by atoms with Crippen LogP contribution in [-0.4, -0.2) is 48.7 Å². The van der Waals surface area contributed by atoms with Crippen LogP contribution in [0.5, 0.6) is 11.5 Å². The fourth-order valence-electron chi connectivity index (χ4n) is 2.32. The quantitative estimate of drug-likeness (QED) is 0.559. The molecule has 1 atom stereocenters. The molecule has 0 bridgehead atoms. The molecule has 2 aromatic rings. The first-order chi connectivity index (χ1) is 12.9. The molecular weight excluding hydrogens is 352 g/mol. The van der Waals surface area contributed by atoms with Crippen molar-refractivity contribution >= 4 is 11.9 Å². The molecule has 1 N–H and O–H groups in total. The Morgan fingerprint density at radius 1 is 1.26 bits per heavy atom. The van der Waals surface area contributed by atoms with E-state index in [4.69, 9.17) is 9.47 Å². The first kappa shape index (κ1) is 20.1. The van der Waals surface area contributed by atoms with E-state index in [1.54, 1.807) is 32.3 Å². The van der Waals surface area contributed by atoms with Gasteiger partial charge in [-0.2, -0.15) is 0 Å². The molecule has 1 heterocycles. The van der Waals surface area contributed by atoms with Crippen LogP contribution in [0.25, 0.3) is 0 Å². The summed E-state index contributed by atoms with van der Waals surface area (Å²) in [5.74, 6) is 0.616. The van der Waals surface area contributed by atoms with Gasteiger partial charge in [0.15, 0.2) is 0 Å². The van der Waals surface area contributed by atoms with Gasteiger partial charge in [-0.1, -0.05) is 12.1 Å². The van der Waals surface area contributed by atoms with Gasteiger partial charge in [0.2, 0.25) is 0 Å². The summed E-state index contributed by atoms with van der Waals surface area (Å²) in [6.45, 7) is 0.365. The lowest BCUT2D eigenvalue weighted by atomic mass is 10.0. The zero-order valence-corrected chi connectivity index (χ0v) is 15.4. The Morgan fingerprint density at radius 3 is 2.56 bits per heavy atom. The largest absolute Gasteiger partial charge is 0.493 e. The number of carbonyl (C=O) groups is 1. The highest BCUT2D eigenvalue weighted by Crippen LogP contribution is 2.22. The molecule has 0 aliphatic carbocycles. The lowest BCUT2D eigenvalue weighted by molar-refractivity contribution is -0.389. The summed E-state index contributed by atoms with van der Waals surface area (Å²) < 4.78 is 10.8. The number of nitrogens with one attached hydrogen (secondary N) is 1. The minimum absolute atomic E-state index is 0.0143. The second kappa shape index (κ2) is 9.48. The van der Waals surface area contributed by atoms with Crippen LogP contribution in [0, 0.1) is 10.1 Å². The fraction of sp³-hybridized carbons (Fsp3) is 0.333. The number of nitrogens with zero attached hydrogens (tertiary/aromatic N) is 3. The summed E-state index contributed by atoms with van der Waals surface area (Å²) in [5.41, 5.74) is 1.01. The molecule has 9 nitrogen and oxygen atoms in total. The molecule has 9 heteroatoms. The van der Waals surface area contributed by atoms with E-state index < -0.39 is 11.0 Å². The van der Waals surface area contributed by atoms with Crippen LogP contribution < -0.4 is 14.8 Å². The van der Waals surface area contributed by atoms with Crippen LogP contribution in [0.1, 0.15) is 18.0 Å². The molecule has 0 fully saturated rings. The molecular formula is C18H22N4O5. The van der Waals surface area contributed by atoms with Crippen LogP contribution in [0.15, 0.2) is 42.6 Å². The molecule has 0 aliphatic heterocycles. The second-order valence-corrected chi connectivity index (χ2v) is 5.92. The normalized spacial score (nSPS) is 11.5. The summed E-state index contributed by atoms with van der Waals surface area (Å²) >= 11 is 0. The van der Waals surface area contributed by atoms with Gasteiger partial charge in [0.05, 0.1) is 12.7 Å². The molecule has 0 aliphatic rings. The van der Waals surface area contributed by atoms with Crippen molar-refractivity contribution in [1.29, 1.82) is 0 Å². The van der Waals surface area contributed by atoms with Crippen molar-refractivity contribution in [2.75, 3.05) is 27.7 Å². The molecule has 27 heavy (non-hydrogen) atoms. The smallest absolute Gasteiger partial charge is 0.414 e. The van der Waals surface area contributed by atoms with E-state index in [-0.39, 0.29) is 11.9 Å². The standard InChI is InChI=1S/C18H22N4O5/c1-19-16(9-11-26-15-8-10-20-17(12-15)22(24)25)13-4-6-14(7-5-13)27-18(23)21(2)3/h4-8,10,12,16,19H,9,11H2,1-3H3. The van der Waals surface area contributed by atoms with Crippen molar-refractivity contribution in [2.24, 2.45) is 0 Å². The Morgan fingerprint density at radius 2 is 1.96 bits per heavy atom. The third kappa shape index (κ3) is 5.93. The van der Waals surface area contributed by atoms with Gasteiger partial charge in [-0.25, -0.2) is 4.79 Å². The Balaban J connectivity index is 1.92. The van der Waals surface area contributed by atoms with Crippen LogP contribution in [0.3, 0.4) is 0 Å². The molecule has 1 amide bonds. The van der Waals surface area contributed by atoms with Crippen LogP contribution in [0.4, 0.5) is 10.6 Å². The molecule has 1 unspecified atom stereocenters. The lowest BCUT2D eigenvalue weighted by Crippen LogP contribution is -2.25. The van der Waals surface area contributed by atoms with E-state index in [2.05, 4.69) is 10.3 Å². The van der Waals surface area contributed by atoms with Gasteiger partial charge in [0.25, 0.3) is 0 Å². The number of pyridine rings is 1. The van der Waals surface area contributed by atoms with E-state index in [1.807, 2.05) is 19.2 Å². The first-order valence-corrected chi connectivity index (χ1v) is 8.30. The molecule has 2 rings (SSSR count). The third-order valence-corrected chi connectivity index (χ3v) is 3.78. The van der Waals surface area contributed by atoms with Crippen LogP contribution >= 0.6 is 0 Å². The summed E-state index contributed by atoms with van der Waals surface area (Å²) in [7, 11) is 5.07. The number of carbonyl (C=O) groups excluding carboxylic acids is 1. The number of ether oxygens (including phenoxy) is 2. The summed E-state index contributed by atoms with van der Waals surface area (Å²) in [4.78, 5) is 26.7. The van der Waals surface area contributed by atoms with Crippen molar-refractivity contribution in [2.45, 2.75) is 12.5 Å². The van der Waals surface area contributed by atoms with E-state index in [0.29, 0.717) is 24.5 Å². The number of amides is 1. The molecule has 0 saturated carbocycles. The van der Waals surface area contributed by atoms with E-state index >= 15 is 0 Å². The van der Waals surface area contributed by atoms with Crippen molar-refractivity contribution in [3.8, 4) is 11.5 Å². The van der Waals surface area contributed by atoms with Gasteiger partial charge in [-0.15, -0.1) is 0 Å². The predicted molar refractivity (Wildman–Crippen MR) is 99.0 cm³/mol. The van der Waals surface area contributed by atoms with Crippen molar-refractivity contribution < 1.29 is 19.2 Å². The molecule has 0 spiro atoms. The zero-order valence-electron chi connectivity index (χ0n) is 15.4. The molecule has 0 radical (unpaired) electrons. The average Bonchev–Trinajstić information content (AvgIpc) is 2.66. The maximum Gasteiger partial charge on any atom is 0.414 e. The van der Waals surface area contributed by atoms with Gasteiger partial charge in [0.1, 0.15) is 17.7 Å². The van der Waals surface area contributed by atoms with Crippen LogP contribution in [-0.2, 0) is 0 Å². The van der Waals surface area contributed by atoms with Crippen molar-refractivity contribution in [3.05, 3.63) is 58.3 Å². The van der Waals surface area contributed by atoms with Gasteiger partial charge in [0, 0.05) is 32.6 Å². The van der Waals surface area contributed by atoms with Gasteiger partial charge in [-0.05, 0) is 34.7 Å². The number of rotatable bonds is 8. The Hall–Kier alpha value is -3.20. The highest BCUT2D eigenvalue weighted by Gasteiger charge is 2.13. The summed E-state index contributed by atoms with van der Waals surface area (Å²) in [6, 6.07) is 10.1. The number of nitro groups is 1. The average molecular weight is 374 g/mol. The minimum atomic E-state index is -0.562. The van der Waals surface area contributed by atoms with Gasteiger partial charge in [-0.3, -0.25) is 0 Å². The molecule has 144 valence electrons. The highest BCUT2D eigenvalue weighted by molar-refractivity contribution is 5.69. The molecule has 1 aromatic heterocycles. The number of benzene rings is 1. The van der Waals surface area contributed by atoms with Crippen molar-refractivity contribution in [1.82, 2.24) is 15.2 Å². The van der Waals surface area contributed by atoms with E-state index in [1.165, 1.54) is 17.2 Å². The van der Waals surface area contributed by atoms with E-state index in [0.717, 1.165) is 5.56 Å². The molecule has 0 saturated heterocycles. The number of hydrogen-bond acceptors (Lipinski definition) is 7. The maximum absolute atomic E-state index is 11.6. The SMILES string of the molecule is CNC(CCOc1ccnc([N+](=O)[O-])c1)c1ccc(OC(=O)N(C)C)cc1. The highest BCUT2D eigenvalue weighted by atomic mass is 16.6.